The Bertz CT molecular complexity index is 1020. The average Bonchev–Trinajstić information content (AvgIpc) is 3.14. The predicted octanol–water partition coefficient (Wildman–Crippen LogP) is 4.07. The van der Waals surface area contributed by atoms with Gasteiger partial charge < -0.3 is 20.1 Å². The largest absolute Gasteiger partial charge is 0.454 e. The van der Waals surface area contributed by atoms with Crippen molar-refractivity contribution in [3.05, 3.63) is 65.4 Å². The van der Waals surface area contributed by atoms with Crippen LogP contribution in [0.15, 0.2) is 48.5 Å². The summed E-state index contributed by atoms with van der Waals surface area (Å²) in [5.74, 6) is 2.77. The fourth-order valence-electron chi connectivity index (χ4n) is 2.88. The molecule has 2 heterocycles. The van der Waals surface area contributed by atoms with Crippen molar-refractivity contribution in [2.45, 2.75) is 20.4 Å². The van der Waals surface area contributed by atoms with Crippen LogP contribution < -0.4 is 20.1 Å². The molecule has 2 aromatic carbocycles. The highest BCUT2D eigenvalue weighted by atomic mass is 16.7. The summed E-state index contributed by atoms with van der Waals surface area (Å²) in [6.45, 7) is 4.32. The Morgan fingerprint density at radius 1 is 1.04 bits per heavy atom. The second kappa shape index (κ2) is 7.56. The third-order valence-corrected chi connectivity index (χ3v) is 4.31. The second-order valence-corrected chi connectivity index (χ2v) is 6.52. The lowest BCUT2D eigenvalue weighted by atomic mass is 10.1. The molecule has 3 aromatic rings. The number of hydrogen-bond acceptors (Lipinski definition) is 7. The molecule has 0 aliphatic carbocycles. The molecule has 0 saturated carbocycles. The standard InChI is InChI=1S/C21H20N4O3/c1-13-9-20(22-11-15-3-8-18-19(10-15)28-12-27-18)25-21(23-13)24-17-6-4-16(5-7-17)14(2)26/h3-10H,11-12H2,1-2H3,(H2,22,23,24,25). The lowest BCUT2D eigenvalue weighted by Gasteiger charge is -2.10. The molecule has 1 aliphatic heterocycles. The summed E-state index contributed by atoms with van der Waals surface area (Å²) in [4.78, 5) is 20.3. The fraction of sp³-hybridized carbons (Fsp3) is 0.190. The molecule has 28 heavy (non-hydrogen) atoms. The van der Waals surface area contributed by atoms with Crippen molar-refractivity contribution in [3.63, 3.8) is 0 Å². The molecule has 1 aromatic heterocycles. The van der Waals surface area contributed by atoms with Gasteiger partial charge in [-0.1, -0.05) is 6.07 Å². The quantitative estimate of drug-likeness (QED) is 0.627. The van der Waals surface area contributed by atoms with Crippen LogP contribution in [0.4, 0.5) is 17.5 Å². The number of benzene rings is 2. The Hall–Kier alpha value is -3.61. The molecule has 0 bridgehead atoms. The van der Waals surface area contributed by atoms with Crippen molar-refractivity contribution in [1.82, 2.24) is 9.97 Å². The number of fused-ring (bicyclic) bond motifs is 1. The highest BCUT2D eigenvalue weighted by Crippen LogP contribution is 2.32. The van der Waals surface area contributed by atoms with Crippen LogP contribution in [0, 0.1) is 6.92 Å². The maximum atomic E-state index is 11.4. The van der Waals surface area contributed by atoms with Crippen molar-refractivity contribution < 1.29 is 14.3 Å². The zero-order valence-corrected chi connectivity index (χ0v) is 15.7. The van der Waals surface area contributed by atoms with Gasteiger partial charge in [0.1, 0.15) is 5.82 Å². The van der Waals surface area contributed by atoms with Crippen LogP contribution in [0.1, 0.15) is 28.5 Å². The van der Waals surface area contributed by atoms with Gasteiger partial charge in [-0.3, -0.25) is 4.79 Å². The summed E-state index contributed by atoms with van der Waals surface area (Å²) >= 11 is 0. The van der Waals surface area contributed by atoms with E-state index in [0.717, 1.165) is 28.4 Å². The fourth-order valence-corrected chi connectivity index (χ4v) is 2.88. The van der Waals surface area contributed by atoms with Crippen molar-refractivity contribution in [1.29, 1.82) is 0 Å². The van der Waals surface area contributed by atoms with Gasteiger partial charge in [0, 0.05) is 29.6 Å². The molecule has 0 unspecified atom stereocenters. The Balaban J connectivity index is 1.45. The molecule has 0 radical (unpaired) electrons. The number of anilines is 3. The number of nitrogens with one attached hydrogen (secondary N) is 2. The van der Waals surface area contributed by atoms with Gasteiger partial charge in [-0.25, -0.2) is 4.98 Å². The van der Waals surface area contributed by atoms with Crippen LogP contribution >= 0.6 is 0 Å². The number of ketones is 1. The number of carbonyl (C=O) groups is 1. The minimum atomic E-state index is 0.0355. The van der Waals surface area contributed by atoms with E-state index in [0.29, 0.717) is 23.9 Å². The first-order chi connectivity index (χ1) is 13.6. The van der Waals surface area contributed by atoms with Gasteiger partial charge >= 0.3 is 0 Å². The normalized spacial score (nSPS) is 11.9. The van der Waals surface area contributed by atoms with Crippen LogP contribution in [-0.2, 0) is 6.54 Å². The smallest absolute Gasteiger partial charge is 0.231 e. The average molecular weight is 376 g/mol. The molecule has 7 heteroatoms. The van der Waals surface area contributed by atoms with Gasteiger partial charge in [0.2, 0.25) is 12.7 Å². The first-order valence-corrected chi connectivity index (χ1v) is 8.93. The monoisotopic (exact) mass is 376 g/mol. The SMILES string of the molecule is CC(=O)c1ccc(Nc2nc(C)cc(NCc3ccc4c(c3)OCO4)n2)cc1. The highest BCUT2D eigenvalue weighted by molar-refractivity contribution is 5.94. The van der Waals surface area contributed by atoms with Gasteiger partial charge in [-0.05, 0) is 55.8 Å². The van der Waals surface area contributed by atoms with Crippen molar-refractivity contribution in [2.75, 3.05) is 17.4 Å². The van der Waals surface area contributed by atoms with Crippen LogP contribution in [-0.4, -0.2) is 22.5 Å². The Morgan fingerprint density at radius 3 is 2.61 bits per heavy atom. The van der Waals surface area contributed by atoms with Crippen molar-refractivity contribution in [2.24, 2.45) is 0 Å². The van der Waals surface area contributed by atoms with Crippen LogP contribution in [0.25, 0.3) is 0 Å². The van der Waals surface area contributed by atoms with Gasteiger partial charge in [0.05, 0.1) is 0 Å². The summed E-state index contributed by atoms with van der Waals surface area (Å²) in [6.07, 6.45) is 0. The van der Waals surface area contributed by atoms with Gasteiger partial charge in [0.15, 0.2) is 17.3 Å². The maximum Gasteiger partial charge on any atom is 0.231 e. The van der Waals surface area contributed by atoms with Crippen molar-refractivity contribution in [3.8, 4) is 11.5 Å². The molecular formula is C21H20N4O3. The van der Waals surface area contributed by atoms with E-state index in [1.165, 1.54) is 0 Å². The van der Waals surface area contributed by atoms with Crippen molar-refractivity contribution >= 4 is 23.2 Å². The van der Waals surface area contributed by atoms with E-state index in [-0.39, 0.29) is 12.6 Å². The number of carbonyl (C=O) groups excluding carboxylic acids is 1. The first kappa shape index (κ1) is 17.8. The Labute approximate surface area is 162 Å². The number of ether oxygens (including phenoxy) is 2. The zero-order chi connectivity index (χ0) is 19.5. The molecule has 0 atom stereocenters. The van der Waals surface area contributed by atoms with Gasteiger partial charge in [-0.15, -0.1) is 0 Å². The molecule has 4 rings (SSSR count). The maximum absolute atomic E-state index is 11.4. The molecule has 0 saturated heterocycles. The lowest BCUT2D eigenvalue weighted by molar-refractivity contribution is 0.101. The summed E-state index contributed by atoms with van der Waals surface area (Å²) in [7, 11) is 0. The third kappa shape index (κ3) is 4.03. The summed E-state index contributed by atoms with van der Waals surface area (Å²) in [6, 6.07) is 15.0. The molecule has 2 N–H and O–H groups in total. The minimum Gasteiger partial charge on any atom is -0.454 e. The van der Waals surface area contributed by atoms with E-state index >= 15 is 0 Å². The van der Waals surface area contributed by atoms with E-state index in [1.807, 2.05) is 43.3 Å². The van der Waals surface area contributed by atoms with Gasteiger partial charge in [-0.2, -0.15) is 4.98 Å². The summed E-state index contributed by atoms with van der Waals surface area (Å²) in [5.41, 5.74) is 3.39. The van der Waals surface area contributed by atoms with Crippen LogP contribution in [0.5, 0.6) is 11.5 Å². The Kier molecular flexibility index (Phi) is 4.80. The molecular weight excluding hydrogens is 356 g/mol. The lowest BCUT2D eigenvalue weighted by Crippen LogP contribution is -2.05. The van der Waals surface area contributed by atoms with E-state index in [4.69, 9.17) is 9.47 Å². The van der Waals surface area contributed by atoms with E-state index < -0.39 is 0 Å². The predicted molar refractivity (Wildman–Crippen MR) is 106 cm³/mol. The molecule has 0 spiro atoms. The number of nitrogens with zero attached hydrogens (tertiary/aromatic N) is 2. The van der Waals surface area contributed by atoms with E-state index in [2.05, 4.69) is 20.6 Å². The van der Waals surface area contributed by atoms with Gasteiger partial charge in [0.25, 0.3) is 0 Å². The zero-order valence-electron chi connectivity index (χ0n) is 15.7. The molecule has 0 fully saturated rings. The van der Waals surface area contributed by atoms with Crippen LogP contribution in [0.2, 0.25) is 0 Å². The minimum absolute atomic E-state index is 0.0355. The summed E-state index contributed by atoms with van der Waals surface area (Å²) in [5, 5.41) is 6.48. The van der Waals surface area contributed by atoms with E-state index in [1.54, 1.807) is 19.1 Å². The third-order valence-electron chi connectivity index (χ3n) is 4.31. The second-order valence-electron chi connectivity index (χ2n) is 6.52. The number of rotatable bonds is 6. The number of aryl methyl sites for hydroxylation is 1. The number of Topliss-reactive ketones (excluding diaryl/α,β-unsaturated/α-hetero) is 1. The molecule has 1 aliphatic rings. The molecule has 0 amide bonds. The Morgan fingerprint density at radius 2 is 1.82 bits per heavy atom. The van der Waals surface area contributed by atoms with Crippen LogP contribution in [0.3, 0.4) is 0 Å². The molecule has 7 nitrogen and oxygen atoms in total. The highest BCUT2D eigenvalue weighted by Gasteiger charge is 2.13. The molecule has 142 valence electrons. The summed E-state index contributed by atoms with van der Waals surface area (Å²) < 4.78 is 10.7. The number of aromatic nitrogens is 2. The number of hydrogen-bond donors (Lipinski definition) is 2. The van der Waals surface area contributed by atoms with E-state index in [9.17, 15) is 4.79 Å². The first-order valence-electron chi connectivity index (χ1n) is 8.93. The topological polar surface area (TPSA) is 85.4 Å².